The molecule has 0 aliphatic carbocycles. The third-order valence-corrected chi connectivity index (χ3v) is 0. The summed E-state index contributed by atoms with van der Waals surface area (Å²) in [6.45, 7) is 6.50. The largest absolute Gasteiger partial charge is 1.00 e. The summed E-state index contributed by atoms with van der Waals surface area (Å²) in [7, 11) is 0. The van der Waals surface area contributed by atoms with Gasteiger partial charge in [-0.3, -0.25) is 0 Å². The summed E-state index contributed by atoms with van der Waals surface area (Å²) < 4.78 is 0. The van der Waals surface area contributed by atoms with Crippen LogP contribution in [0.15, 0.2) is 0 Å². The first-order valence-electron chi connectivity index (χ1n) is 1.73. The van der Waals surface area contributed by atoms with E-state index in [0.29, 0.717) is 0 Å². The van der Waals surface area contributed by atoms with E-state index >= 15 is 0 Å². The van der Waals surface area contributed by atoms with E-state index in [1.54, 1.807) is 0 Å². The number of hydrogen-bond donors (Lipinski definition) is 0. The Bertz CT molecular complexity index is 12.3. The molecule has 0 atom stereocenters. The summed E-state index contributed by atoms with van der Waals surface area (Å²) in [6, 6.07) is 0. The quantitative estimate of drug-likeness (QED) is 0.333. The van der Waals surface area contributed by atoms with Crippen LogP contribution in [0.1, 0.15) is 22.2 Å². The molecular weight excluding hydrogens is 87.1 g/mol. The summed E-state index contributed by atoms with van der Waals surface area (Å²) in [5.74, 6) is 0.833. The fraction of sp³-hybridized carbons (Fsp3) is 1.00. The summed E-state index contributed by atoms with van der Waals surface area (Å²) in [6.07, 6.45) is 0. The average molecular weight is 98.2 g/mol. The van der Waals surface area contributed by atoms with Gasteiger partial charge in [-0.1, -0.05) is 20.8 Å². The first-order chi connectivity index (χ1) is 1.73. The molecular formula is C4H11K. The second kappa shape index (κ2) is 5.64. The van der Waals surface area contributed by atoms with Gasteiger partial charge in [0.2, 0.25) is 0 Å². The molecule has 0 radical (unpaired) electrons. The Morgan fingerprint density at radius 1 is 1.20 bits per heavy atom. The Balaban J connectivity index is -0.0000000450. The van der Waals surface area contributed by atoms with Crippen LogP contribution in [0.5, 0.6) is 0 Å². The zero-order chi connectivity index (χ0) is 3.58. The molecule has 0 aliphatic rings. The van der Waals surface area contributed by atoms with Crippen molar-refractivity contribution in [2.24, 2.45) is 5.92 Å². The molecule has 0 spiro atoms. The fourth-order valence-electron chi connectivity index (χ4n) is 0. The SMILES string of the molecule is CC(C)C.[H-].[K+]. The topological polar surface area (TPSA) is 0 Å². The van der Waals surface area contributed by atoms with Gasteiger partial charge in [0.25, 0.3) is 0 Å². The van der Waals surface area contributed by atoms with Gasteiger partial charge in [0.1, 0.15) is 0 Å². The van der Waals surface area contributed by atoms with Crippen LogP contribution in [-0.4, -0.2) is 0 Å². The van der Waals surface area contributed by atoms with Gasteiger partial charge in [-0.2, -0.15) is 0 Å². The van der Waals surface area contributed by atoms with E-state index in [4.69, 9.17) is 0 Å². The molecule has 0 rings (SSSR count). The Labute approximate surface area is 78.2 Å². The minimum absolute atomic E-state index is 0. The van der Waals surface area contributed by atoms with Gasteiger partial charge in [0, 0.05) is 0 Å². The minimum atomic E-state index is 0. The molecule has 0 amide bonds. The van der Waals surface area contributed by atoms with Crippen LogP contribution in [0.25, 0.3) is 0 Å². The van der Waals surface area contributed by atoms with Crippen LogP contribution in [-0.2, 0) is 0 Å². The maximum Gasteiger partial charge on any atom is 1.00 e. The molecule has 0 aromatic rings. The Morgan fingerprint density at radius 3 is 1.20 bits per heavy atom. The van der Waals surface area contributed by atoms with E-state index in [2.05, 4.69) is 20.8 Å². The third kappa shape index (κ3) is 27.8. The van der Waals surface area contributed by atoms with Crippen molar-refractivity contribution >= 4 is 0 Å². The Hall–Kier alpha value is 1.64. The molecule has 0 N–H and O–H groups in total. The van der Waals surface area contributed by atoms with Gasteiger partial charge in [-0.05, 0) is 5.92 Å². The first kappa shape index (κ1) is 9.81. The molecule has 0 aromatic carbocycles. The fourth-order valence-corrected chi connectivity index (χ4v) is 0. The van der Waals surface area contributed by atoms with Crippen LogP contribution in [0, 0.1) is 5.92 Å². The Kier molecular flexibility index (Phi) is 11.1. The molecule has 0 fully saturated rings. The summed E-state index contributed by atoms with van der Waals surface area (Å²) in [4.78, 5) is 0. The minimum Gasteiger partial charge on any atom is -1.00 e. The molecule has 0 unspecified atom stereocenters. The van der Waals surface area contributed by atoms with Crippen molar-refractivity contribution in [1.29, 1.82) is 0 Å². The van der Waals surface area contributed by atoms with E-state index in [0.717, 1.165) is 5.92 Å². The van der Waals surface area contributed by atoms with Crippen LogP contribution in [0.4, 0.5) is 0 Å². The molecule has 0 heterocycles. The molecule has 28 valence electrons. The van der Waals surface area contributed by atoms with Crippen molar-refractivity contribution in [3.05, 3.63) is 0 Å². The van der Waals surface area contributed by atoms with Crippen molar-refractivity contribution in [2.45, 2.75) is 20.8 Å². The third-order valence-electron chi connectivity index (χ3n) is 0. The predicted octanol–water partition coefficient (Wildman–Crippen LogP) is -1.22. The van der Waals surface area contributed by atoms with Crippen LogP contribution >= 0.6 is 0 Å². The Morgan fingerprint density at radius 2 is 1.20 bits per heavy atom. The van der Waals surface area contributed by atoms with Gasteiger partial charge in [0.15, 0.2) is 0 Å². The molecule has 5 heavy (non-hydrogen) atoms. The molecule has 0 nitrogen and oxygen atoms in total. The van der Waals surface area contributed by atoms with Crippen molar-refractivity contribution in [3.63, 3.8) is 0 Å². The van der Waals surface area contributed by atoms with E-state index in [1.165, 1.54) is 0 Å². The van der Waals surface area contributed by atoms with Crippen LogP contribution in [0.3, 0.4) is 0 Å². The number of hydrogen-bond acceptors (Lipinski definition) is 0. The van der Waals surface area contributed by atoms with Gasteiger partial charge >= 0.3 is 51.4 Å². The van der Waals surface area contributed by atoms with E-state index < -0.39 is 0 Å². The summed E-state index contributed by atoms with van der Waals surface area (Å²) in [5, 5.41) is 0. The van der Waals surface area contributed by atoms with Gasteiger partial charge in [0.05, 0.1) is 0 Å². The standard InChI is InChI=1S/C4H10.K.H/c1-4(2)3;;/h4H,1-3H3;;/q;+1;-1. The molecule has 0 aromatic heterocycles. The average Bonchev–Trinajstić information content (AvgIpc) is 0.811. The summed E-state index contributed by atoms with van der Waals surface area (Å²) in [5.41, 5.74) is 0. The monoisotopic (exact) mass is 98.0 g/mol. The normalized spacial score (nSPS) is 7.20. The van der Waals surface area contributed by atoms with Gasteiger partial charge in [-0.15, -0.1) is 0 Å². The predicted molar refractivity (Wildman–Crippen MR) is 21.6 cm³/mol. The summed E-state index contributed by atoms with van der Waals surface area (Å²) >= 11 is 0. The van der Waals surface area contributed by atoms with Crippen LogP contribution < -0.4 is 51.4 Å². The van der Waals surface area contributed by atoms with Crippen molar-refractivity contribution in [3.8, 4) is 0 Å². The maximum absolute atomic E-state index is 2.17. The van der Waals surface area contributed by atoms with Gasteiger partial charge in [-0.25, -0.2) is 0 Å². The second-order valence-corrected chi connectivity index (χ2v) is 1.73. The van der Waals surface area contributed by atoms with E-state index in [-0.39, 0.29) is 52.8 Å². The molecule has 0 aliphatic heterocycles. The van der Waals surface area contributed by atoms with E-state index in [1.807, 2.05) is 0 Å². The van der Waals surface area contributed by atoms with Crippen molar-refractivity contribution < 1.29 is 52.8 Å². The first-order valence-corrected chi connectivity index (χ1v) is 1.73. The number of rotatable bonds is 0. The molecule has 0 saturated heterocycles. The van der Waals surface area contributed by atoms with Gasteiger partial charge < -0.3 is 1.43 Å². The van der Waals surface area contributed by atoms with Crippen molar-refractivity contribution in [2.75, 3.05) is 0 Å². The smallest absolute Gasteiger partial charge is 1.00 e. The molecule has 0 saturated carbocycles. The van der Waals surface area contributed by atoms with Crippen LogP contribution in [0.2, 0.25) is 0 Å². The van der Waals surface area contributed by atoms with Crippen molar-refractivity contribution in [1.82, 2.24) is 0 Å². The zero-order valence-corrected chi connectivity index (χ0v) is 7.70. The second-order valence-electron chi connectivity index (χ2n) is 1.73. The molecule has 0 bridgehead atoms. The maximum atomic E-state index is 2.17. The van der Waals surface area contributed by atoms with E-state index in [9.17, 15) is 0 Å². The zero-order valence-electron chi connectivity index (χ0n) is 5.58. The molecule has 1 heteroatoms.